The zero-order valence-corrected chi connectivity index (χ0v) is 19.3. The number of aromatic nitrogens is 4. The molecule has 0 fully saturated rings. The standard InChI is InChI=1S/C15H20ClN7O6S2/c1-5-23(31(27,28)9(2)16)11-7-6-8-12(19-11)30(25,26)22-14(24)20-13-17-10(3)18-15(21-13)29-4/h6-9H,5H2,1-4H3,(H2,17,18,20,21,22,24). The van der Waals surface area contributed by atoms with Gasteiger partial charge < -0.3 is 4.74 Å². The molecule has 0 aliphatic carbocycles. The minimum Gasteiger partial charge on any atom is -0.467 e. The Balaban J connectivity index is 2.27. The largest absolute Gasteiger partial charge is 0.467 e. The van der Waals surface area contributed by atoms with Crippen molar-refractivity contribution in [1.29, 1.82) is 0 Å². The first-order valence-electron chi connectivity index (χ1n) is 8.64. The molecule has 0 spiro atoms. The van der Waals surface area contributed by atoms with Crippen molar-refractivity contribution >= 4 is 49.4 Å². The minimum atomic E-state index is -4.47. The van der Waals surface area contributed by atoms with Gasteiger partial charge >= 0.3 is 12.0 Å². The number of hydrogen-bond acceptors (Lipinski definition) is 10. The molecule has 0 radical (unpaired) electrons. The number of methoxy groups -OCH3 is 1. The molecule has 170 valence electrons. The number of rotatable bonds is 8. The topological polar surface area (TPSA) is 173 Å². The lowest BCUT2D eigenvalue weighted by Gasteiger charge is -2.23. The van der Waals surface area contributed by atoms with Gasteiger partial charge in [-0.05, 0) is 32.9 Å². The first kappa shape index (κ1) is 24.5. The number of carbonyl (C=O) groups is 1. The maximum absolute atomic E-state index is 12.6. The van der Waals surface area contributed by atoms with E-state index in [0.29, 0.717) is 0 Å². The molecule has 16 heteroatoms. The van der Waals surface area contributed by atoms with Gasteiger partial charge in [-0.25, -0.2) is 22.9 Å². The fourth-order valence-electron chi connectivity index (χ4n) is 2.25. The first-order chi connectivity index (χ1) is 14.4. The zero-order chi connectivity index (χ0) is 23.4. The van der Waals surface area contributed by atoms with Gasteiger partial charge in [-0.1, -0.05) is 6.07 Å². The number of aryl methyl sites for hydroxylation is 1. The molecule has 0 aliphatic rings. The molecule has 1 atom stereocenters. The summed E-state index contributed by atoms with van der Waals surface area (Å²) in [6.45, 7) is 4.29. The number of nitrogens with zero attached hydrogens (tertiary/aromatic N) is 5. The van der Waals surface area contributed by atoms with E-state index in [9.17, 15) is 21.6 Å². The van der Waals surface area contributed by atoms with Crippen LogP contribution in [-0.4, -0.2) is 61.2 Å². The van der Waals surface area contributed by atoms with Crippen LogP contribution in [0.4, 0.5) is 16.6 Å². The number of anilines is 2. The predicted octanol–water partition coefficient (Wildman–Crippen LogP) is 0.835. The fourth-order valence-corrected chi connectivity index (χ4v) is 4.48. The second-order valence-corrected chi connectivity index (χ2v) is 10.6. The summed E-state index contributed by atoms with van der Waals surface area (Å²) in [5, 5.41) is 1.57. The van der Waals surface area contributed by atoms with E-state index in [2.05, 4.69) is 25.3 Å². The van der Waals surface area contributed by atoms with Crippen molar-refractivity contribution in [2.45, 2.75) is 30.5 Å². The molecule has 0 bridgehead atoms. The van der Waals surface area contributed by atoms with E-state index in [-0.39, 0.29) is 30.1 Å². The molecule has 2 N–H and O–H groups in total. The molecule has 0 saturated carbocycles. The van der Waals surface area contributed by atoms with Crippen LogP contribution in [0.5, 0.6) is 6.01 Å². The van der Waals surface area contributed by atoms with E-state index in [1.165, 1.54) is 40.0 Å². The number of sulfonamides is 2. The second kappa shape index (κ2) is 9.57. The van der Waals surface area contributed by atoms with Gasteiger partial charge in [-0.2, -0.15) is 23.4 Å². The Morgan fingerprint density at radius 1 is 1.19 bits per heavy atom. The van der Waals surface area contributed by atoms with Gasteiger partial charge in [-0.3, -0.25) is 9.62 Å². The molecule has 2 amide bonds. The Kier molecular flexibility index (Phi) is 7.56. The molecule has 0 aromatic carbocycles. The number of nitrogens with one attached hydrogen (secondary N) is 2. The highest BCUT2D eigenvalue weighted by molar-refractivity contribution is 7.94. The van der Waals surface area contributed by atoms with E-state index in [1.54, 1.807) is 4.72 Å². The lowest BCUT2D eigenvalue weighted by molar-refractivity contribution is 0.256. The summed E-state index contributed by atoms with van der Waals surface area (Å²) < 4.78 is 56.1. The van der Waals surface area contributed by atoms with Crippen LogP contribution in [0.3, 0.4) is 0 Å². The van der Waals surface area contributed by atoms with Crippen molar-refractivity contribution in [3.63, 3.8) is 0 Å². The number of ether oxygens (including phenoxy) is 1. The summed E-state index contributed by atoms with van der Waals surface area (Å²) in [4.78, 5) is 27.5. The van der Waals surface area contributed by atoms with Crippen LogP contribution in [0.1, 0.15) is 19.7 Å². The molecule has 13 nitrogen and oxygen atoms in total. The average Bonchev–Trinajstić information content (AvgIpc) is 2.67. The van der Waals surface area contributed by atoms with Crippen LogP contribution in [0, 0.1) is 6.92 Å². The van der Waals surface area contributed by atoms with E-state index in [1.807, 2.05) is 0 Å². The third-order valence-corrected chi connectivity index (χ3v) is 7.39. The maximum atomic E-state index is 12.6. The van der Waals surface area contributed by atoms with Gasteiger partial charge in [0.15, 0.2) is 9.74 Å². The van der Waals surface area contributed by atoms with Crippen molar-refractivity contribution in [2.24, 2.45) is 0 Å². The van der Waals surface area contributed by atoms with Crippen molar-refractivity contribution in [1.82, 2.24) is 24.7 Å². The average molecular weight is 494 g/mol. The Morgan fingerprint density at radius 2 is 1.87 bits per heavy atom. The van der Waals surface area contributed by atoms with E-state index < -0.39 is 35.8 Å². The highest BCUT2D eigenvalue weighted by atomic mass is 35.5. The quantitative estimate of drug-likeness (QED) is 0.501. The molecule has 0 saturated heterocycles. The minimum absolute atomic E-state index is 0.0373. The number of hydrogen-bond donors (Lipinski definition) is 2. The van der Waals surface area contributed by atoms with Gasteiger partial charge in [0.2, 0.25) is 5.95 Å². The normalized spacial score (nSPS) is 12.7. The van der Waals surface area contributed by atoms with Crippen LogP contribution in [0.15, 0.2) is 23.2 Å². The number of alkyl halides is 1. The monoisotopic (exact) mass is 493 g/mol. The van der Waals surface area contributed by atoms with Crippen LogP contribution >= 0.6 is 11.6 Å². The summed E-state index contributed by atoms with van der Waals surface area (Å²) in [7, 11) is -7.12. The number of amides is 2. The molecule has 2 aromatic heterocycles. The molecule has 0 aliphatic heterocycles. The highest BCUT2D eigenvalue weighted by Crippen LogP contribution is 2.21. The number of halogens is 1. The Morgan fingerprint density at radius 3 is 2.45 bits per heavy atom. The Labute approximate surface area is 184 Å². The Bertz CT molecular complexity index is 1170. The molecular weight excluding hydrogens is 474 g/mol. The van der Waals surface area contributed by atoms with Crippen molar-refractivity contribution in [3.05, 3.63) is 24.0 Å². The number of pyridine rings is 1. The molecule has 2 rings (SSSR count). The SMILES string of the molecule is CCN(c1cccc(S(=O)(=O)NC(=O)Nc2nc(C)nc(OC)n2)n1)S(=O)(=O)C(C)Cl. The second-order valence-electron chi connectivity index (χ2n) is 5.84. The maximum Gasteiger partial charge on any atom is 0.335 e. The third kappa shape index (κ3) is 5.89. The zero-order valence-electron chi connectivity index (χ0n) is 16.9. The van der Waals surface area contributed by atoms with Crippen molar-refractivity contribution in [2.75, 3.05) is 23.3 Å². The van der Waals surface area contributed by atoms with Crippen LogP contribution in [0.25, 0.3) is 0 Å². The summed E-state index contributed by atoms with van der Waals surface area (Å²) >= 11 is 5.73. The van der Waals surface area contributed by atoms with Gasteiger partial charge in [-0.15, -0.1) is 11.6 Å². The third-order valence-electron chi connectivity index (χ3n) is 3.61. The lowest BCUT2D eigenvalue weighted by Crippen LogP contribution is -2.37. The van der Waals surface area contributed by atoms with E-state index >= 15 is 0 Å². The van der Waals surface area contributed by atoms with Gasteiger partial charge in [0.05, 0.1) is 7.11 Å². The van der Waals surface area contributed by atoms with Crippen LogP contribution in [-0.2, 0) is 20.0 Å². The molecule has 1 unspecified atom stereocenters. The van der Waals surface area contributed by atoms with Gasteiger partial charge in [0, 0.05) is 6.54 Å². The molecule has 2 heterocycles. The van der Waals surface area contributed by atoms with Crippen LogP contribution < -0.4 is 19.1 Å². The summed E-state index contributed by atoms with van der Waals surface area (Å²) in [5.74, 6) is -0.178. The lowest BCUT2D eigenvalue weighted by atomic mass is 10.4. The van der Waals surface area contributed by atoms with Crippen molar-refractivity contribution in [3.8, 4) is 6.01 Å². The van der Waals surface area contributed by atoms with E-state index in [4.69, 9.17) is 16.3 Å². The highest BCUT2D eigenvalue weighted by Gasteiger charge is 2.29. The molecular formula is C15H20ClN7O6S2. The smallest absolute Gasteiger partial charge is 0.335 e. The van der Waals surface area contributed by atoms with Gasteiger partial charge in [0.1, 0.15) is 11.6 Å². The molecule has 31 heavy (non-hydrogen) atoms. The number of urea groups is 1. The first-order valence-corrected chi connectivity index (χ1v) is 12.1. The van der Waals surface area contributed by atoms with Crippen LogP contribution in [0.2, 0.25) is 0 Å². The predicted molar refractivity (Wildman–Crippen MR) is 112 cm³/mol. The van der Waals surface area contributed by atoms with E-state index in [0.717, 1.165) is 10.4 Å². The van der Waals surface area contributed by atoms with Gasteiger partial charge in [0.25, 0.3) is 20.0 Å². The Hall–Kier alpha value is -2.78. The number of carbonyl (C=O) groups excluding carboxylic acids is 1. The molecule has 2 aromatic rings. The summed E-state index contributed by atoms with van der Waals surface area (Å²) in [6.07, 6.45) is 0. The fraction of sp³-hybridized carbons (Fsp3) is 0.400. The summed E-state index contributed by atoms with van der Waals surface area (Å²) in [6, 6.07) is 2.44. The summed E-state index contributed by atoms with van der Waals surface area (Å²) in [5.41, 5.74) is 0. The van der Waals surface area contributed by atoms with Crippen molar-refractivity contribution < 1.29 is 26.4 Å².